The number of esters is 1. The maximum atomic E-state index is 11.4. The molecule has 0 saturated carbocycles. The van der Waals surface area contributed by atoms with Gasteiger partial charge < -0.3 is 14.9 Å². The molecule has 0 aliphatic rings. The minimum Gasteiger partial charge on any atom is -0.464 e. The van der Waals surface area contributed by atoms with Gasteiger partial charge in [0, 0.05) is 11.8 Å². The normalized spacial score (nSPS) is 13.5. The molecule has 17 heavy (non-hydrogen) atoms. The number of hydrogen-bond acceptors (Lipinski definition) is 6. The Balaban J connectivity index is 3.05. The zero-order chi connectivity index (χ0) is 12.8. The van der Waals surface area contributed by atoms with Crippen LogP contribution >= 0.6 is 0 Å². The van der Waals surface area contributed by atoms with Gasteiger partial charge in [-0.3, -0.25) is 0 Å². The van der Waals surface area contributed by atoms with Crippen LogP contribution in [0.15, 0.2) is 18.3 Å². The molecule has 0 aliphatic heterocycles. The summed E-state index contributed by atoms with van der Waals surface area (Å²) in [7, 11) is 1.19. The maximum Gasteiger partial charge on any atom is 0.357 e. The van der Waals surface area contributed by atoms with Crippen LogP contribution < -0.4 is 0 Å². The summed E-state index contributed by atoms with van der Waals surface area (Å²) in [5.74, 6) is -0.705. The Morgan fingerprint density at radius 2 is 2.35 bits per heavy atom. The zero-order valence-corrected chi connectivity index (χ0v) is 9.20. The minimum atomic E-state index is -1.35. The van der Waals surface area contributed by atoms with Crippen LogP contribution in [0, 0.1) is 11.3 Å². The van der Waals surface area contributed by atoms with Crippen molar-refractivity contribution in [3.8, 4) is 6.07 Å². The van der Waals surface area contributed by atoms with Gasteiger partial charge in [-0.2, -0.15) is 5.26 Å². The number of carbonyl (C=O) groups is 1. The summed E-state index contributed by atoms with van der Waals surface area (Å²) < 4.78 is 4.51. The van der Waals surface area contributed by atoms with Crippen LogP contribution in [0.5, 0.6) is 0 Å². The Hall–Kier alpha value is -1.97. The molecule has 2 atom stereocenters. The van der Waals surface area contributed by atoms with E-state index in [0.717, 1.165) is 0 Å². The largest absolute Gasteiger partial charge is 0.464 e. The number of rotatable bonds is 4. The molecule has 2 unspecified atom stereocenters. The molecule has 90 valence electrons. The number of pyridine rings is 1. The lowest BCUT2D eigenvalue weighted by molar-refractivity contribution is 0.0199. The molecule has 6 heteroatoms. The molecule has 1 rings (SSSR count). The molecular formula is C11H12N2O4. The van der Waals surface area contributed by atoms with Gasteiger partial charge >= 0.3 is 5.97 Å². The van der Waals surface area contributed by atoms with E-state index in [4.69, 9.17) is 5.26 Å². The van der Waals surface area contributed by atoms with Crippen LogP contribution in [-0.4, -0.2) is 34.4 Å². The smallest absolute Gasteiger partial charge is 0.357 e. The van der Waals surface area contributed by atoms with Crippen LogP contribution in [0.2, 0.25) is 0 Å². The minimum absolute atomic E-state index is 0.0699. The predicted octanol–water partition coefficient (Wildman–Crippen LogP) is 0.176. The van der Waals surface area contributed by atoms with Crippen LogP contribution in [0.25, 0.3) is 0 Å². The molecule has 0 fully saturated rings. The van der Waals surface area contributed by atoms with Crippen molar-refractivity contribution < 1.29 is 19.7 Å². The molecule has 0 spiro atoms. The number of aliphatic hydroxyl groups is 2. The molecule has 0 bridgehead atoms. The second kappa shape index (κ2) is 5.94. The standard InChI is InChI=1S/C11H12N2O4/c1-17-11(16)9-7(3-2-6-13-9)10(15)8(14)4-5-12/h2-3,6,8,10,14-15H,4H2,1H3. The Bertz CT molecular complexity index is 441. The summed E-state index contributed by atoms with van der Waals surface area (Å²) in [5, 5.41) is 27.7. The van der Waals surface area contributed by atoms with Gasteiger partial charge in [-0.25, -0.2) is 9.78 Å². The molecule has 0 amide bonds. The Morgan fingerprint density at radius 1 is 1.65 bits per heavy atom. The summed E-state index contributed by atoms with van der Waals surface area (Å²) in [6.07, 6.45) is -1.49. The molecule has 0 saturated heterocycles. The molecule has 0 aromatic carbocycles. The van der Waals surface area contributed by atoms with E-state index in [2.05, 4.69) is 9.72 Å². The second-order valence-electron chi connectivity index (χ2n) is 3.31. The first-order valence-electron chi connectivity index (χ1n) is 4.88. The van der Waals surface area contributed by atoms with Gasteiger partial charge in [0.2, 0.25) is 0 Å². The van der Waals surface area contributed by atoms with Crippen LogP contribution in [0.4, 0.5) is 0 Å². The van der Waals surface area contributed by atoms with Gasteiger partial charge in [-0.15, -0.1) is 0 Å². The van der Waals surface area contributed by atoms with E-state index in [1.54, 1.807) is 6.07 Å². The van der Waals surface area contributed by atoms with Crippen molar-refractivity contribution >= 4 is 5.97 Å². The number of carbonyl (C=O) groups excluding carboxylic acids is 1. The average Bonchev–Trinajstić information content (AvgIpc) is 2.37. The summed E-state index contributed by atoms with van der Waals surface area (Å²) >= 11 is 0. The molecular weight excluding hydrogens is 224 g/mol. The predicted molar refractivity (Wildman–Crippen MR) is 56.8 cm³/mol. The maximum absolute atomic E-state index is 11.4. The van der Waals surface area contributed by atoms with Crippen LogP contribution in [0.3, 0.4) is 0 Å². The third-order valence-electron chi connectivity index (χ3n) is 2.20. The van der Waals surface area contributed by atoms with Gasteiger partial charge in [0.15, 0.2) is 5.69 Å². The Labute approximate surface area is 98.1 Å². The molecule has 1 aromatic heterocycles. The highest BCUT2D eigenvalue weighted by molar-refractivity contribution is 5.88. The second-order valence-corrected chi connectivity index (χ2v) is 3.31. The average molecular weight is 236 g/mol. The fourth-order valence-corrected chi connectivity index (χ4v) is 1.34. The van der Waals surface area contributed by atoms with Crippen molar-refractivity contribution in [3.05, 3.63) is 29.6 Å². The van der Waals surface area contributed by atoms with Crippen molar-refractivity contribution in [2.24, 2.45) is 0 Å². The summed E-state index contributed by atoms with van der Waals surface area (Å²) in [5.41, 5.74) is 0.0709. The lowest BCUT2D eigenvalue weighted by atomic mass is 10.0. The van der Waals surface area contributed by atoms with Crippen LogP contribution in [-0.2, 0) is 4.74 Å². The molecule has 1 aromatic rings. The third kappa shape index (κ3) is 3.00. The van der Waals surface area contributed by atoms with E-state index in [1.165, 1.54) is 25.4 Å². The number of aliphatic hydroxyl groups excluding tert-OH is 2. The van der Waals surface area contributed by atoms with Crippen molar-refractivity contribution in [2.45, 2.75) is 18.6 Å². The number of methoxy groups -OCH3 is 1. The van der Waals surface area contributed by atoms with Gasteiger partial charge in [-0.1, -0.05) is 6.07 Å². The molecule has 2 N–H and O–H groups in total. The molecule has 1 heterocycles. The topological polar surface area (TPSA) is 103 Å². The first-order valence-corrected chi connectivity index (χ1v) is 4.88. The third-order valence-corrected chi connectivity index (χ3v) is 2.20. The highest BCUT2D eigenvalue weighted by Crippen LogP contribution is 2.21. The lowest BCUT2D eigenvalue weighted by Gasteiger charge is -2.17. The van der Waals surface area contributed by atoms with E-state index >= 15 is 0 Å². The van der Waals surface area contributed by atoms with Crippen molar-refractivity contribution in [1.82, 2.24) is 4.98 Å². The molecule has 0 aliphatic carbocycles. The van der Waals surface area contributed by atoms with Gasteiger partial charge in [-0.05, 0) is 6.07 Å². The van der Waals surface area contributed by atoms with Gasteiger partial charge in [0.05, 0.1) is 25.7 Å². The number of nitriles is 1. The van der Waals surface area contributed by atoms with E-state index < -0.39 is 18.2 Å². The monoisotopic (exact) mass is 236 g/mol. The first kappa shape index (κ1) is 13.1. The number of aromatic nitrogens is 1. The van der Waals surface area contributed by atoms with E-state index in [-0.39, 0.29) is 17.7 Å². The first-order chi connectivity index (χ1) is 8.11. The zero-order valence-electron chi connectivity index (χ0n) is 9.20. The number of nitrogens with zero attached hydrogens (tertiary/aromatic N) is 2. The van der Waals surface area contributed by atoms with Crippen molar-refractivity contribution in [2.75, 3.05) is 7.11 Å². The van der Waals surface area contributed by atoms with Crippen LogP contribution in [0.1, 0.15) is 28.6 Å². The fraction of sp³-hybridized carbons (Fsp3) is 0.364. The number of hydrogen-bond donors (Lipinski definition) is 2. The summed E-state index contributed by atoms with van der Waals surface area (Å²) in [6, 6.07) is 4.70. The number of ether oxygens (including phenoxy) is 1. The summed E-state index contributed by atoms with van der Waals surface area (Å²) in [6.45, 7) is 0. The molecule has 6 nitrogen and oxygen atoms in total. The van der Waals surface area contributed by atoms with Crippen molar-refractivity contribution in [1.29, 1.82) is 5.26 Å². The van der Waals surface area contributed by atoms with E-state index in [9.17, 15) is 15.0 Å². The molecule has 0 radical (unpaired) electrons. The Morgan fingerprint density at radius 3 is 2.94 bits per heavy atom. The van der Waals surface area contributed by atoms with E-state index in [0.29, 0.717) is 0 Å². The highest BCUT2D eigenvalue weighted by Gasteiger charge is 2.24. The van der Waals surface area contributed by atoms with Gasteiger partial charge in [0.25, 0.3) is 0 Å². The van der Waals surface area contributed by atoms with Crippen molar-refractivity contribution in [3.63, 3.8) is 0 Å². The fourth-order valence-electron chi connectivity index (χ4n) is 1.34. The Kier molecular flexibility index (Phi) is 4.57. The lowest BCUT2D eigenvalue weighted by Crippen LogP contribution is -2.21. The van der Waals surface area contributed by atoms with E-state index in [1.807, 2.05) is 0 Å². The van der Waals surface area contributed by atoms with Gasteiger partial charge in [0.1, 0.15) is 6.10 Å². The SMILES string of the molecule is COC(=O)c1ncccc1C(O)C(O)CC#N. The highest BCUT2D eigenvalue weighted by atomic mass is 16.5. The summed E-state index contributed by atoms with van der Waals surface area (Å²) in [4.78, 5) is 15.2. The quantitative estimate of drug-likeness (QED) is 0.722.